The number of thiol groups is 2. The lowest BCUT2D eigenvalue weighted by Gasteiger charge is -2.00. The molecule has 1 aromatic carbocycles. The third kappa shape index (κ3) is 2.17. The van der Waals surface area contributed by atoms with Crippen LogP contribution < -0.4 is 5.90 Å². The summed E-state index contributed by atoms with van der Waals surface area (Å²) in [4.78, 5) is 16.2. The molecule has 0 aliphatic heterocycles. The summed E-state index contributed by atoms with van der Waals surface area (Å²) >= 11 is 8.12. The fourth-order valence-electron chi connectivity index (χ4n) is 0.781. The molecule has 0 aromatic heterocycles. The van der Waals surface area contributed by atoms with E-state index in [1.807, 2.05) is 0 Å². The van der Waals surface area contributed by atoms with E-state index in [0.717, 1.165) is 0 Å². The second kappa shape index (κ2) is 3.84. The van der Waals surface area contributed by atoms with Crippen LogP contribution in [0, 0.1) is 0 Å². The molecule has 0 spiro atoms. The highest BCUT2D eigenvalue weighted by Gasteiger charge is 2.06. The number of hydrogen-bond donors (Lipinski definition) is 3. The van der Waals surface area contributed by atoms with Crippen LogP contribution in [0.3, 0.4) is 0 Å². The van der Waals surface area contributed by atoms with Crippen molar-refractivity contribution in [3.63, 3.8) is 0 Å². The predicted octanol–water partition coefficient (Wildman–Crippen LogP) is 1.29. The summed E-state index contributed by atoms with van der Waals surface area (Å²) in [5.74, 6) is 4.11. The van der Waals surface area contributed by atoms with Crippen molar-refractivity contribution in [2.24, 2.45) is 5.90 Å². The van der Waals surface area contributed by atoms with Crippen molar-refractivity contribution in [1.82, 2.24) is 0 Å². The van der Waals surface area contributed by atoms with Gasteiger partial charge in [0.15, 0.2) is 0 Å². The molecule has 0 atom stereocenters. The van der Waals surface area contributed by atoms with Gasteiger partial charge in [-0.25, -0.2) is 4.79 Å². The number of carbonyl (C=O) groups excluding carboxylic acids is 1. The molecule has 0 bridgehead atoms. The SMILES string of the molecule is NOC(=O)c1cc(S)cc(S)c1. The van der Waals surface area contributed by atoms with Crippen LogP contribution >= 0.6 is 25.3 Å². The molecule has 1 rings (SSSR count). The summed E-state index contributed by atoms with van der Waals surface area (Å²) in [6.45, 7) is 0. The smallest absolute Gasteiger partial charge is 0.356 e. The van der Waals surface area contributed by atoms with Gasteiger partial charge in [-0.3, -0.25) is 0 Å². The first kappa shape index (κ1) is 9.44. The van der Waals surface area contributed by atoms with Gasteiger partial charge in [-0.2, -0.15) is 5.90 Å². The Hall–Kier alpha value is -0.650. The zero-order chi connectivity index (χ0) is 9.14. The molecule has 64 valence electrons. The minimum Gasteiger partial charge on any atom is -0.370 e. The Balaban J connectivity index is 3.08. The first-order valence-electron chi connectivity index (χ1n) is 3.07. The van der Waals surface area contributed by atoms with E-state index in [2.05, 4.69) is 30.1 Å². The van der Waals surface area contributed by atoms with Gasteiger partial charge in [-0.05, 0) is 18.2 Å². The van der Waals surface area contributed by atoms with Crippen LogP contribution in [0.1, 0.15) is 10.4 Å². The van der Waals surface area contributed by atoms with Crippen molar-refractivity contribution in [1.29, 1.82) is 0 Å². The van der Waals surface area contributed by atoms with E-state index < -0.39 is 5.97 Å². The average molecular weight is 201 g/mol. The van der Waals surface area contributed by atoms with E-state index in [9.17, 15) is 4.79 Å². The third-order valence-electron chi connectivity index (χ3n) is 1.25. The fourth-order valence-corrected chi connectivity index (χ4v) is 1.44. The van der Waals surface area contributed by atoms with Crippen LogP contribution in [0.2, 0.25) is 0 Å². The maximum Gasteiger partial charge on any atom is 0.356 e. The molecule has 0 fully saturated rings. The van der Waals surface area contributed by atoms with Gasteiger partial charge in [-0.15, -0.1) is 25.3 Å². The number of rotatable bonds is 1. The van der Waals surface area contributed by atoms with E-state index in [0.29, 0.717) is 15.4 Å². The highest BCUT2D eigenvalue weighted by atomic mass is 32.1. The highest BCUT2D eigenvalue weighted by molar-refractivity contribution is 7.81. The Bertz CT molecular complexity index is 294. The van der Waals surface area contributed by atoms with Gasteiger partial charge in [0, 0.05) is 9.79 Å². The van der Waals surface area contributed by atoms with Crippen LogP contribution in [0.5, 0.6) is 0 Å². The molecule has 2 N–H and O–H groups in total. The second-order valence-corrected chi connectivity index (χ2v) is 3.18. The number of benzene rings is 1. The van der Waals surface area contributed by atoms with Gasteiger partial charge in [0.1, 0.15) is 0 Å². The Labute approximate surface area is 80.7 Å². The van der Waals surface area contributed by atoms with Gasteiger partial charge in [0.05, 0.1) is 5.56 Å². The second-order valence-electron chi connectivity index (χ2n) is 2.14. The Kier molecular flexibility index (Phi) is 3.02. The van der Waals surface area contributed by atoms with Gasteiger partial charge >= 0.3 is 5.97 Å². The molecule has 0 saturated carbocycles. The molecule has 5 heteroatoms. The molecule has 0 heterocycles. The Morgan fingerprint density at radius 3 is 2.17 bits per heavy atom. The lowest BCUT2D eigenvalue weighted by Crippen LogP contribution is -2.09. The quantitative estimate of drug-likeness (QED) is 0.474. The summed E-state index contributed by atoms with van der Waals surface area (Å²) < 4.78 is 0. The van der Waals surface area contributed by atoms with Crippen LogP contribution in [0.4, 0.5) is 0 Å². The van der Waals surface area contributed by atoms with Gasteiger partial charge < -0.3 is 4.84 Å². The average Bonchev–Trinajstić information content (AvgIpc) is 2.01. The normalized spacial score (nSPS) is 9.58. The Morgan fingerprint density at radius 2 is 1.75 bits per heavy atom. The summed E-state index contributed by atoms with van der Waals surface area (Å²) in [6.07, 6.45) is 0. The van der Waals surface area contributed by atoms with E-state index >= 15 is 0 Å². The van der Waals surface area contributed by atoms with Crippen LogP contribution in [-0.2, 0) is 4.84 Å². The molecule has 1 aromatic rings. The van der Waals surface area contributed by atoms with E-state index in [-0.39, 0.29) is 0 Å². The molecule has 0 radical (unpaired) electrons. The molecule has 0 aliphatic carbocycles. The van der Waals surface area contributed by atoms with Crippen molar-refractivity contribution >= 4 is 31.2 Å². The lowest BCUT2D eigenvalue weighted by atomic mass is 10.2. The zero-order valence-corrected chi connectivity index (χ0v) is 7.81. The van der Waals surface area contributed by atoms with Crippen LogP contribution in [-0.4, -0.2) is 5.97 Å². The summed E-state index contributed by atoms with van der Waals surface area (Å²) in [5, 5.41) is 0. The van der Waals surface area contributed by atoms with E-state index in [1.54, 1.807) is 18.2 Å². The van der Waals surface area contributed by atoms with Crippen LogP contribution in [0.15, 0.2) is 28.0 Å². The molecular weight excluding hydrogens is 194 g/mol. The largest absolute Gasteiger partial charge is 0.370 e. The fraction of sp³-hybridized carbons (Fsp3) is 0. The molecule has 0 unspecified atom stereocenters. The lowest BCUT2D eigenvalue weighted by molar-refractivity contribution is 0.0503. The minimum atomic E-state index is -0.596. The molecule has 12 heavy (non-hydrogen) atoms. The maximum absolute atomic E-state index is 10.9. The highest BCUT2D eigenvalue weighted by Crippen LogP contribution is 2.16. The first-order valence-corrected chi connectivity index (χ1v) is 3.97. The van der Waals surface area contributed by atoms with Gasteiger partial charge in [-0.1, -0.05) is 0 Å². The van der Waals surface area contributed by atoms with Crippen molar-refractivity contribution in [2.75, 3.05) is 0 Å². The Morgan fingerprint density at radius 1 is 1.25 bits per heavy atom. The number of nitrogens with two attached hydrogens (primary N) is 1. The van der Waals surface area contributed by atoms with Gasteiger partial charge in [0.25, 0.3) is 0 Å². The van der Waals surface area contributed by atoms with Crippen molar-refractivity contribution < 1.29 is 9.63 Å². The molecule has 0 saturated heterocycles. The maximum atomic E-state index is 10.9. The monoisotopic (exact) mass is 201 g/mol. The van der Waals surface area contributed by atoms with Crippen molar-refractivity contribution in [3.8, 4) is 0 Å². The van der Waals surface area contributed by atoms with Gasteiger partial charge in [0.2, 0.25) is 0 Å². The topological polar surface area (TPSA) is 52.3 Å². The summed E-state index contributed by atoms with van der Waals surface area (Å²) in [6, 6.07) is 4.82. The van der Waals surface area contributed by atoms with E-state index in [4.69, 9.17) is 5.90 Å². The van der Waals surface area contributed by atoms with Crippen molar-refractivity contribution in [2.45, 2.75) is 9.79 Å². The minimum absolute atomic E-state index is 0.343. The van der Waals surface area contributed by atoms with Crippen LogP contribution in [0.25, 0.3) is 0 Å². The standard InChI is InChI=1S/C7H7NO2S2/c8-10-7(9)4-1-5(11)3-6(12)2-4/h1-3,11-12H,8H2. The molecule has 0 aliphatic rings. The first-order chi connectivity index (χ1) is 5.63. The third-order valence-corrected chi connectivity index (χ3v) is 1.76. The number of carbonyl (C=O) groups is 1. The molecular formula is C7H7NO2S2. The molecule has 3 nitrogen and oxygen atoms in total. The van der Waals surface area contributed by atoms with Crippen molar-refractivity contribution in [3.05, 3.63) is 23.8 Å². The zero-order valence-electron chi connectivity index (χ0n) is 6.02. The van der Waals surface area contributed by atoms with E-state index in [1.165, 1.54) is 0 Å². The summed E-state index contributed by atoms with van der Waals surface area (Å²) in [7, 11) is 0. The molecule has 0 amide bonds. The summed E-state index contributed by atoms with van der Waals surface area (Å²) in [5.41, 5.74) is 0.343. The number of hydrogen-bond acceptors (Lipinski definition) is 5. The predicted molar refractivity (Wildman–Crippen MR) is 50.5 cm³/mol.